The van der Waals surface area contributed by atoms with Crippen LogP contribution in [0.1, 0.15) is 10.5 Å². The maximum absolute atomic E-state index is 12.9. The van der Waals surface area contributed by atoms with Crippen molar-refractivity contribution in [3.63, 3.8) is 0 Å². The number of nitrogens with one attached hydrogen (secondary N) is 1. The molecule has 0 aliphatic carbocycles. The molecule has 1 amide bonds. The Kier molecular flexibility index (Phi) is 7.27. The van der Waals surface area contributed by atoms with Crippen LogP contribution in [0.25, 0.3) is 16.9 Å². The number of nitrogens with two attached hydrogens (primary N) is 1. The largest absolute Gasteiger partial charge is 0.497 e. The van der Waals surface area contributed by atoms with Gasteiger partial charge >= 0.3 is 0 Å². The van der Waals surface area contributed by atoms with Gasteiger partial charge in [-0.1, -0.05) is 0 Å². The van der Waals surface area contributed by atoms with Crippen LogP contribution in [0.2, 0.25) is 0 Å². The van der Waals surface area contributed by atoms with Gasteiger partial charge in [0.25, 0.3) is 5.91 Å². The van der Waals surface area contributed by atoms with Crippen molar-refractivity contribution in [3.8, 4) is 22.7 Å². The lowest BCUT2D eigenvalue weighted by Crippen LogP contribution is -2.41. The predicted molar refractivity (Wildman–Crippen MR) is 127 cm³/mol. The number of rotatable bonds is 8. The minimum absolute atomic E-state index is 0.00418. The number of carbonyl (C=O) groups is 1. The first-order valence-corrected chi connectivity index (χ1v) is 12.4. The van der Waals surface area contributed by atoms with Crippen LogP contribution in [0.4, 0.5) is 0 Å². The number of aromatic nitrogens is 2. The first-order chi connectivity index (χ1) is 16.3. The minimum Gasteiger partial charge on any atom is -0.497 e. The number of amides is 1. The smallest absolute Gasteiger partial charge is 0.271 e. The summed E-state index contributed by atoms with van der Waals surface area (Å²) in [5, 5.41) is 12.7. The quantitative estimate of drug-likeness (QED) is 0.491. The summed E-state index contributed by atoms with van der Waals surface area (Å²) in [5.41, 5.74) is 2.33. The highest BCUT2D eigenvalue weighted by Crippen LogP contribution is 2.26. The lowest BCUT2D eigenvalue weighted by atomic mass is 10.1. The van der Waals surface area contributed by atoms with Crippen molar-refractivity contribution in [1.82, 2.24) is 20.0 Å². The summed E-state index contributed by atoms with van der Waals surface area (Å²) < 4.78 is 35.4. The topological polar surface area (TPSA) is 129 Å². The molecule has 0 spiro atoms. The van der Waals surface area contributed by atoms with Crippen LogP contribution < -0.4 is 15.2 Å². The number of ether oxygens (including phenoxy) is 2. The molecule has 1 aromatic heterocycles. The van der Waals surface area contributed by atoms with Crippen LogP contribution in [0, 0.1) is 0 Å². The number of sulfonamides is 1. The van der Waals surface area contributed by atoms with Gasteiger partial charge in [-0.25, -0.2) is 18.2 Å². The van der Waals surface area contributed by atoms with Crippen LogP contribution in [0.15, 0.2) is 59.5 Å². The van der Waals surface area contributed by atoms with Gasteiger partial charge in [-0.2, -0.15) is 5.10 Å². The molecule has 0 bridgehead atoms. The van der Waals surface area contributed by atoms with E-state index in [0.29, 0.717) is 36.9 Å². The summed E-state index contributed by atoms with van der Waals surface area (Å²) in [6.45, 7) is 4.33. The monoisotopic (exact) mass is 485 g/mol. The molecule has 0 atom stereocenters. The summed E-state index contributed by atoms with van der Waals surface area (Å²) in [4.78, 5) is 15.1. The second-order valence-corrected chi connectivity index (χ2v) is 9.37. The maximum atomic E-state index is 12.9. The highest BCUT2D eigenvalue weighted by molar-refractivity contribution is 7.89. The van der Waals surface area contributed by atoms with Gasteiger partial charge in [0.05, 0.1) is 36.6 Å². The molecule has 0 unspecified atom stereocenters. The fourth-order valence-electron chi connectivity index (χ4n) is 3.68. The molecule has 180 valence electrons. The molecule has 2 aromatic carbocycles. The Labute approximate surface area is 198 Å². The van der Waals surface area contributed by atoms with E-state index >= 15 is 0 Å². The molecule has 10 nitrogen and oxygen atoms in total. The molecule has 1 aliphatic heterocycles. The van der Waals surface area contributed by atoms with E-state index in [9.17, 15) is 13.2 Å². The standard InChI is InChI=1S/C23H27N5O5S/c1-32-19-6-2-17(3-7-19)22-16-21(23(29)25-10-11-27-12-14-33-15-13-27)26-28(22)18-4-8-20(9-5-18)34(24,30)31/h2-9,16H,10-15H2,1H3,(H,25,29)(H2,24,30,31). The van der Waals surface area contributed by atoms with Crippen molar-refractivity contribution in [2.45, 2.75) is 4.90 Å². The number of hydrogen-bond donors (Lipinski definition) is 2. The van der Waals surface area contributed by atoms with E-state index in [4.69, 9.17) is 14.6 Å². The molecule has 1 fully saturated rings. The maximum Gasteiger partial charge on any atom is 0.271 e. The summed E-state index contributed by atoms with van der Waals surface area (Å²) in [5.74, 6) is 0.413. The molecule has 2 heterocycles. The van der Waals surface area contributed by atoms with Crippen LogP contribution in [-0.4, -0.2) is 75.5 Å². The SMILES string of the molecule is COc1ccc(-c2cc(C(=O)NCCN3CCOCC3)nn2-c2ccc(S(N)(=O)=O)cc2)cc1. The van der Waals surface area contributed by atoms with Crippen molar-refractivity contribution < 1.29 is 22.7 Å². The van der Waals surface area contributed by atoms with E-state index in [-0.39, 0.29) is 16.5 Å². The zero-order chi connectivity index (χ0) is 24.1. The van der Waals surface area contributed by atoms with E-state index in [1.807, 2.05) is 24.3 Å². The molecule has 11 heteroatoms. The molecule has 3 aromatic rings. The zero-order valence-electron chi connectivity index (χ0n) is 18.8. The molecular weight excluding hydrogens is 458 g/mol. The van der Waals surface area contributed by atoms with Crippen LogP contribution in [0.3, 0.4) is 0 Å². The molecule has 0 radical (unpaired) electrons. The lowest BCUT2D eigenvalue weighted by molar-refractivity contribution is 0.0383. The Morgan fingerprint density at radius 2 is 1.79 bits per heavy atom. The third-order valence-electron chi connectivity index (χ3n) is 5.55. The third-order valence-corrected chi connectivity index (χ3v) is 6.48. The third kappa shape index (κ3) is 5.62. The van der Waals surface area contributed by atoms with Gasteiger partial charge in [-0.3, -0.25) is 9.69 Å². The Balaban J connectivity index is 1.60. The van der Waals surface area contributed by atoms with E-state index in [1.54, 1.807) is 30.0 Å². The van der Waals surface area contributed by atoms with Gasteiger partial charge in [0, 0.05) is 31.7 Å². The number of morpholine rings is 1. The Hall–Kier alpha value is -3.25. The van der Waals surface area contributed by atoms with E-state index < -0.39 is 10.0 Å². The fraction of sp³-hybridized carbons (Fsp3) is 0.304. The van der Waals surface area contributed by atoms with Crippen molar-refractivity contribution in [2.75, 3.05) is 46.5 Å². The second-order valence-electron chi connectivity index (χ2n) is 7.80. The Morgan fingerprint density at radius 3 is 2.41 bits per heavy atom. The highest BCUT2D eigenvalue weighted by atomic mass is 32.2. The van der Waals surface area contributed by atoms with E-state index in [0.717, 1.165) is 25.2 Å². The van der Waals surface area contributed by atoms with Crippen LogP contribution >= 0.6 is 0 Å². The van der Waals surface area contributed by atoms with Crippen LogP contribution in [-0.2, 0) is 14.8 Å². The number of nitrogens with zero attached hydrogens (tertiary/aromatic N) is 3. The molecule has 4 rings (SSSR count). The van der Waals surface area contributed by atoms with Gasteiger partial charge < -0.3 is 14.8 Å². The molecule has 3 N–H and O–H groups in total. The predicted octanol–water partition coefficient (Wildman–Crippen LogP) is 1.26. The van der Waals surface area contributed by atoms with Crippen molar-refractivity contribution >= 4 is 15.9 Å². The number of benzene rings is 2. The van der Waals surface area contributed by atoms with Crippen molar-refractivity contribution in [3.05, 3.63) is 60.3 Å². The molecule has 1 saturated heterocycles. The van der Waals surface area contributed by atoms with E-state index in [2.05, 4.69) is 15.3 Å². The Bertz CT molecular complexity index is 1230. The first-order valence-electron chi connectivity index (χ1n) is 10.8. The highest BCUT2D eigenvalue weighted by Gasteiger charge is 2.18. The molecule has 0 saturated carbocycles. The number of primary sulfonamides is 1. The average molecular weight is 486 g/mol. The number of carbonyl (C=O) groups excluding carboxylic acids is 1. The van der Waals surface area contributed by atoms with E-state index in [1.165, 1.54) is 12.1 Å². The summed E-state index contributed by atoms with van der Waals surface area (Å²) in [7, 11) is -2.23. The second kappa shape index (κ2) is 10.3. The van der Waals surface area contributed by atoms with Crippen molar-refractivity contribution in [1.29, 1.82) is 0 Å². The zero-order valence-corrected chi connectivity index (χ0v) is 19.6. The van der Waals surface area contributed by atoms with Crippen molar-refractivity contribution in [2.24, 2.45) is 5.14 Å². The van der Waals surface area contributed by atoms with Gasteiger partial charge in [0.15, 0.2) is 5.69 Å². The molecular formula is C23H27N5O5S. The minimum atomic E-state index is -3.82. The molecule has 34 heavy (non-hydrogen) atoms. The fourth-order valence-corrected chi connectivity index (χ4v) is 4.19. The van der Waals surface area contributed by atoms with Gasteiger partial charge in [-0.15, -0.1) is 0 Å². The van der Waals surface area contributed by atoms with Crippen LogP contribution in [0.5, 0.6) is 5.75 Å². The average Bonchev–Trinajstić information content (AvgIpc) is 3.30. The van der Waals surface area contributed by atoms with Gasteiger partial charge in [0.1, 0.15) is 5.75 Å². The van der Waals surface area contributed by atoms with Gasteiger partial charge in [0.2, 0.25) is 10.0 Å². The first kappa shape index (κ1) is 23.9. The summed E-state index contributed by atoms with van der Waals surface area (Å²) in [6.07, 6.45) is 0. The van der Waals surface area contributed by atoms with Gasteiger partial charge in [-0.05, 0) is 54.6 Å². The summed E-state index contributed by atoms with van der Waals surface area (Å²) >= 11 is 0. The molecule has 1 aliphatic rings. The Morgan fingerprint density at radius 1 is 1.12 bits per heavy atom. The summed E-state index contributed by atoms with van der Waals surface area (Å²) in [6, 6.07) is 15.1. The lowest BCUT2D eigenvalue weighted by Gasteiger charge is -2.26. The number of hydrogen-bond acceptors (Lipinski definition) is 7. The number of methoxy groups -OCH3 is 1. The normalized spacial score (nSPS) is 14.6.